The maximum absolute atomic E-state index is 13.9. The van der Waals surface area contributed by atoms with Crippen molar-refractivity contribution in [1.82, 2.24) is 4.98 Å². The van der Waals surface area contributed by atoms with E-state index in [-0.39, 0.29) is 17.5 Å². The Morgan fingerprint density at radius 1 is 1.00 bits per heavy atom. The lowest BCUT2D eigenvalue weighted by molar-refractivity contribution is 0.0996. The molecule has 27 heavy (non-hydrogen) atoms. The largest absolute Gasteiger partial charge is 0.459 e. The number of aromatic nitrogens is 1. The number of hydrogen-bond acceptors (Lipinski definition) is 5. The van der Waals surface area contributed by atoms with E-state index >= 15 is 0 Å². The minimum Gasteiger partial charge on any atom is -0.459 e. The van der Waals surface area contributed by atoms with Crippen molar-refractivity contribution in [2.24, 2.45) is 0 Å². The molecule has 3 aromatic rings. The minimum atomic E-state index is -0.312. The molecule has 0 aliphatic carbocycles. The minimum absolute atomic E-state index is 0.194. The van der Waals surface area contributed by atoms with Crippen LogP contribution in [0.25, 0.3) is 0 Å². The highest BCUT2D eigenvalue weighted by Crippen LogP contribution is 2.22. The number of carbonyl (C=O) groups excluding carboxylic acids is 1. The van der Waals surface area contributed by atoms with Crippen LogP contribution in [0.2, 0.25) is 0 Å². The summed E-state index contributed by atoms with van der Waals surface area (Å²) in [7, 11) is 0. The molecule has 3 heterocycles. The normalized spacial score (nSPS) is 14.3. The van der Waals surface area contributed by atoms with E-state index in [1.165, 1.54) is 12.3 Å². The Bertz CT molecular complexity index is 904. The summed E-state index contributed by atoms with van der Waals surface area (Å²) in [4.78, 5) is 20.6. The van der Waals surface area contributed by atoms with Gasteiger partial charge in [-0.3, -0.25) is 4.79 Å². The number of rotatable bonds is 4. The van der Waals surface area contributed by atoms with Gasteiger partial charge in [0.05, 0.1) is 23.8 Å². The highest BCUT2D eigenvalue weighted by molar-refractivity contribution is 6.02. The topological polar surface area (TPSA) is 61.6 Å². The van der Waals surface area contributed by atoms with Gasteiger partial charge in [-0.1, -0.05) is 12.1 Å². The van der Waals surface area contributed by atoms with E-state index in [0.29, 0.717) is 11.4 Å². The van der Waals surface area contributed by atoms with Crippen LogP contribution in [-0.4, -0.2) is 37.1 Å². The summed E-state index contributed by atoms with van der Waals surface area (Å²) >= 11 is 0. The molecular formula is C20H19FN4O2. The molecule has 1 aliphatic rings. The molecule has 1 saturated heterocycles. The predicted molar refractivity (Wildman–Crippen MR) is 102 cm³/mol. The smallest absolute Gasteiger partial charge is 0.291 e. The third-order valence-corrected chi connectivity index (χ3v) is 4.55. The Morgan fingerprint density at radius 2 is 1.78 bits per heavy atom. The van der Waals surface area contributed by atoms with Gasteiger partial charge in [-0.25, -0.2) is 9.37 Å². The van der Waals surface area contributed by atoms with Crippen LogP contribution >= 0.6 is 0 Å². The quantitative estimate of drug-likeness (QED) is 0.767. The molecule has 1 N–H and O–H groups in total. The standard InChI is InChI=1S/C20H19FN4O2/c21-16-4-1-2-5-17(16)24-9-11-25(12-10-24)19-8-7-15(14-22-19)23-20(26)18-6-3-13-27-18/h1-8,13-14H,9-12H2,(H,23,26). The number of nitrogens with zero attached hydrogens (tertiary/aromatic N) is 3. The Kier molecular flexibility index (Phi) is 4.74. The fourth-order valence-corrected chi connectivity index (χ4v) is 3.13. The molecule has 1 amide bonds. The monoisotopic (exact) mass is 366 g/mol. The van der Waals surface area contributed by atoms with E-state index in [1.807, 2.05) is 23.1 Å². The number of hydrogen-bond donors (Lipinski definition) is 1. The number of benzene rings is 1. The summed E-state index contributed by atoms with van der Waals surface area (Å²) in [5.41, 5.74) is 1.24. The van der Waals surface area contributed by atoms with Crippen molar-refractivity contribution in [1.29, 1.82) is 0 Å². The molecule has 0 saturated carbocycles. The number of piperazine rings is 1. The molecule has 4 rings (SSSR count). The third-order valence-electron chi connectivity index (χ3n) is 4.55. The average Bonchev–Trinajstić information content (AvgIpc) is 3.24. The number of pyridine rings is 1. The van der Waals surface area contributed by atoms with Gasteiger partial charge in [0.25, 0.3) is 5.91 Å². The van der Waals surface area contributed by atoms with Gasteiger partial charge in [-0.05, 0) is 36.4 Å². The summed E-state index contributed by atoms with van der Waals surface area (Å²) in [6.07, 6.45) is 3.08. The van der Waals surface area contributed by atoms with Crippen molar-refractivity contribution in [2.75, 3.05) is 41.3 Å². The Labute approximate surface area is 156 Å². The van der Waals surface area contributed by atoms with Gasteiger partial charge < -0.3 is 19.5 Å². The molecular weight excluding hydrogens is 347 g/mol. The van der Waals surface area contributed by atoms with Gasteiger partial charge in [0, 0.05) is 26.2 Å². The summed E-state index contributed by atoms with van der Waals surface area (Å²) in [6.45, 7) is 2.94. The van der Waals surface area contributed by atoms with Crippen molar-refractivity contribution in [3.63, 3.8) is 0 Å². The van der Waals surface area contributed by atoms with Gasteiger partial charge in [-0.15, -0.1) is 0 Å². The van der Waals surface area contributed by atoms with Crippen molar-refractivity contribution < 1.29 is 13.6 Å². The highest BCUT2D eigenvalue weighted by atomic mass is 19.1. The zero-order valence-electron chi connectivity index (χ0n) is 14.6. The molecule has 1 fully saturated rings. The number of furan rings is 1. The Hall–Kier alpha value is -3.35. The SMILES string of the molecule is O=C(Nc1ccc(N2CCN(c3ccccc3F)CC2)nc1)c1ccco1. The first-order valence-corrected chi connectivity index (χ1v) is 8.76. The second-order valence-corrected chi connectivity index (χ2v) is 6.26. The molecule has 0 bridgehead atoms. The van der Waals surface area contributed by atoms with Crippen LogP contribution in [0.15, 0.2) is 65.4 Å². The van der Waals surface area contributed by atoms with E-state index in [2.05, 4.69) is 15.2 Å². The van der Waals surface area contributed by atoms with Crippen LogP contribution in [0.1, 0.15) is 10.6 Å². The van der Waals surface area contributed by atoms with Crippen LogP contribution in [-0.2, 0) is 0 Å². The third kappa shape index (κ3) is 3.76. The summed E-state index contributed by atoms with van der Waals surface area (Å²) in [5, 5.41) is 2.75. The van der Waals surface area contributed by atoms with Gasteiger partial charge in [-0.2, -0.15) is 0 Å². The van der Waals surface area contributed by atoms with Crippen molar-refractivity contribution >= 4 is 23.1 Å². The van der Waals surface area contributed by atoms with E-state index in [4.69, 9.17) is 4.42 Å². The van der Waals surface area contributed by atoms with E-state index in [1.54, 1.807) is 30.5 Å². The molecule has 6 nitrogen and oxygen atoms in total. The first kappa shape index (κ1) is 17.1. The fourth-order valence-electron chi connectivity index (χ4n) is 3.13. The lowest BCUT2D eigenvalue weighted by Gasteiger charge is -2.36. The zero-order valence-corrected chi connectivity index (χ0v) is 14.6. The number of para-hydroxylation sites is 1. The second-order valence-electron chi connectivity index (χ2n) is 6.26. The fraction of sp³-hybridized carbons (Fsp3) is 0.200. The summed E-state index contributed by atoms with van der Waals surface area (Å²) in [5.74, 6) is 0.580. The maximum atomic E-state index is 13.9. The van der Waals surface area contributed by atoms with Crippen LogP contribution in [0.4, 0.5) is 21.6 Å². The molecule has 1 aliphatic heterocycles. The van der Waals surface area contributed by atoms with Gasteiger partial charge in [0.15, 0.2) is 5.76 Å². The molecule has 0 spiro atoms. The molecule has 0 radical (unpaired) electrons. The molecule has 2 aromatic heterocycles. The van der Waals surface area contributed by atoms with E-state index in [9.17, 15) is 9.18 Å². The van der Waals surface area contributed by atoms with Crippen LogP contribution in [0.5, 0.6) is 0 Å². The number of nitrogens with one attached hydrogen (secondary N) is 1. The zero-order chi connectivity index (χ0) is 18.6. The number of halogens is 1. The van der Waals surface area contributed by atoms with Gasteiger partial charge in [0.2, 0.25) is 0 Å². The van der Waals surface area contributed by atoms with Crippen LogP contribution in [0, 0.1) is 5.82 Å². The molecule has 0 atom stereocenters. The molecule has 138 valence electrons. The summed E-state index contributed by atoms with van der Waals surface area (Å²) < 4.78 is 19.0. The van der Waals surface area contributed by atoms with Crippen molar-refractivity contribution in [2.45, 2.75) is 0 Å². The average molecular weight is 366 g/mol. The Balaban J connectivity index is 1.36. The first-order chi connectivity index (χ1) is 13.2. The summed E-state index contributed by atoms with van der Waals surface area (Å²) in [6, 6.07) is 13.8. The molecule has 7 heteroatoms. The first-order valence-electron chi connectivity index (χ1n) is 8.76. The lowest BCUT2D eigenvalue weighted by atomic mass is 10.2. The second kappa shape index (κ2) is 7.49. The van der Waals surface area contributed by atoms with Crippen molar-refractivity contribution in [3.05, 3.63) is 72.6 Å². The van der Waals surface area contributed by atoms with E-state index < -0.39 is 0 Å². The molecule has 0 unspecified atom stereocenters. The van der Waals surface area contributed by atoms with Crippen molar-refractivity contribution in [3.8, 4) is 0 Å². The lowest BCUT2D eigenvalue weighted by Crippen LogP contribution is -2.47. The van der Waals surface area contributed by atoms with Crippen LogP contribution in [0.3, 0.4) is 0 Å². The maximum Gasteiger partial charge on any atom is 0.291 e. The number of amides is 1. The number of carbonyl (C=O) groups is 1. The van der Waals surface area contributed by atoms with Gasteiger partial charge in [0.1, 0.15) is 11.6 Å². The highest BCUT2D eigenvalue weighted by Gasteiger charge is 2.20. The number of anilines is 3. The van der Waals surface area contributed by atoms with E-state index in [0.717, 1.165) is 32.0 Å². The molecule has 1 aromatic carbocycles. The Morgan fingerprint density at radius 3 is 2.44 bits per heavy atom. The predicted octanol–water partition coefficient (Wildman–Crippen LogP) is 3.39. The van der Waals surface area contributed by atoms with Gasteiger partial charge >= 0.3 is 0 Å². The van der Waals surface area contributed by atoms with Crippen LogP contribution < -0.4 is 15.1 Å².